The molecule has 0 bridgehead atoms. The highest BCUT2D eigenvalue weighted by atomic mass is 35.5. The molecule has 2 aromatic carbocycles. The Morgan fingerprint density at radius 3 is 2.64 bits per heavy atom. The van der Waals surface area contributed by atoms with Crippen molar-refractivity contribution in [3.63, 3.8) is 0 Å². The molecule has 1 aliphatic heterocycles. The van der Waals surface area contributed by atoms with Crippen LogP contribution in [0.3, 0.4) is 0 Å². The van der Waals surface area contributed by atoms with Gasteiger partial charge in [-0.25, -0.2) is 9.78 Å². The van der Waals surface area contributed by atoms with Crippen molar-refractivity contribution in [2.45, 2.75) is 18.6 Å². The van der Waals surface area contributed by atoms with E-state index in [9.17, 15) is 15.2 Å². The molecule has 0 radical (unpaired) electrons. The number of anilines is 1. The van der Waals surface area contributed by atoms with Crippen LogP contribution >= 0.6 is 23.2 Å². The molecule has 7 nitrogen and oxygen atoms in total. The maximum atomic E-state index is 11.3. The molecule has 0 spiro atoms. The Balaban J connectivity index is 1.62. The number of nitrogens with one attached hydrogen (secondary N) is 1. The Morgan fingerprint density at radius 1 is 1.24 bits per heavy atom. The normalized spacial score (nSPS) is 18.5. The van der Waals surface area contributed by atoms with Gasteiger partial charge in [0.2, 0.25) is 0 Å². The molecule has 0 saturated carbocycles. The number of hydrogen-bond acceptors (Lipinski definition) is 6. The van der Waals surface area contributed by atoms with Crippen LogP contribution in [0.25, 0.3) is 0 Å². The molecule has 170 valence electrons. The van der Waals surface area contributed by atoms with E-state index in [0.717, 1.165) is 11.3 Å². The number of nitrogens with zero attached hydrogens (tertiary/aromatic N) is 4. The van der Waals surface area contributed by atoms with Crippen molar-refractivity contribution >= 4 is 28.9 Å². The number of aliphatic hydroxyl groups is 1. The van der Waals surface area contributed by atoms with Crippen molar-refractivity contribution in [1.29, 1.82) is 5.26 Å². The smallest absolute Gasteiger partial charge is 0.344 e. The molecule has 0 aliphatic carbocycles. The van der Waals surface area contributed by atoms with Gasteiger partial charge < -0.3 is 15.0 Å². The zero-order chi connectivity index (χ0) is 23.6. The first-order chi connectivity index (χ1) is 15.8. The van der Waals surface area contributed by atoms with E-state index in [1.807, 2.05) is 30.3 Å². The number of benzene rings is 2. The zero-order valence-electron chi connectivity index (χ0n) is 18.0. The first kappa shape index (κ1) is 23.3. The van der Waals surface area contributed by atoms with Crippen LogP contribution in [-0.4, -0.2) is 46.2 Å². The molecule has 1 fully saturated rings. The summed E-state index contributed by atoms with van der Waals surface area (Å²) in [5.74, 6) is 0. The third-order valence-electron chi connectivity index (χ3n) is 5.93. The van der Waals surface area contributed by atoms with Gasteiger partial charge >= 0.3 is 5.69 Å². The van der Waals surface area contributed by atoms with E-state index < -0.39 is 11.3 Å². The molecule has 9 heteroatoms. The SMILES string of the molecule is C[C@@](O)(CN1CCN(c2ccc(C#N)cc2Cl)C(c2ccc(Cl)cc2)C1)c1cnc(=O)[nH]c1. The van der Waals surface area contributed by atoms with Crippen LogP contribution in [0.2, 0.25) is 10.0 Å². The summed E-state index contributed by atoms with van der Waals surface area (Å²) in [6.45, 7) is 4.06. The van der Waals surface area contributed by atoms with Gasteiger partial charge in [0.15, 0.2) is 0 Å². The van der Waals surface area contributed by atoms with Gasteiger partial charge in [-0.15, -0.1) is 0 Å². The van der Waals surface area contributed by atoms with E-state index in [-0.39, 0.29) is 6.04 Å². The standard InChI is InChI=1S/C24H23Cl2N5O2/c1-24(33,18-12-28-23(32)29-13-18)15-30-8-9-31(21-7-2-16(11-27)10-20(21)26)22(14-30)17-3-5-19(25)6-4-17/h2-7,10,12-13,22,33H,8-9,14-15H2,1H3,(H,28,29,32)/t22?,24-/m1/s1. The van der Waals surface area contributed by atoms with Gasteiger partial charge in [0.25, 0.3) is 0 Å². The molecule has 1 aromatic heterocycles. The third kappa shape index (κ3) is 5.21. The van der Waals surface area contributed by atoms with Crippen molar-refractivity contribution in [2.75, 3.05) is 31.1 Å². The highest BCUT2D eigenvalue weighted by molar-refractivity contribution is 6.33. The molecule has 3 aromatic rings. The summed E-state index contributed by atoms with van der Waals surface area (Å²) in [7, 11) is 0. The van der Waals surface area contributed by atoms with Crippen molar-refractivity contribution < 1.29 is 5.11 Å². The molecule has 2 N–H and O–H groups in total. The lowest BCUT2D eigenvalue weighted by molar-refractivity contribution is 0.00969. The van der Waals surface area contributed by atoms with E-state index in [0.29, 0.717) is 47.4 Å². The molecule has 1 unspecified atom stereocenters. The van der Waals surface area contributed by atoms with Gasteiger partial charge in [-0.05, 0) is 42.8 Å². The highest BCUT2D eigenvalue weighted by Crippen LogP contribution is 2.36. The first-order valence-corrected chi connectivity index (χ1v) is 11.2. The largest absolute Gasteiger partial charge is 0.384 e. The number of piperazine rings is 1. The number of aromatic amines is 1. The average molecular weight is 484 g/mol. The average Bonchev–Trinajstić information content (AvgIpc) is 2.80. The molecule has 2 heterocycles. The Hall–Kier alpha value is -2.89. The van der Waals surface area contributed by atoms with Crippen molar-refractivity contribution in [1.82, 2.24) is 14.9 Å². The number of hydrogen-bond donors (Lipinski definition) is 2. The molecule has 4 rings (SSSR count). The molecule has 33 heavy (non-hydrogen) atoms. The van der Waals surface area contributed by atoms with E-state index in [4.69, 9.17) is 23.2 Å². The summed E-state index contributed by atoms with van der Waals surface area (Å²) in [6, 6.07) is 15.1. The summed E-state index contributed by atoms with van der Waals surface area (Å²) >= 11 is 12.7. The second-order valence-electron chi connectivity index (χ2n) is 8.36. The predicted molar refractivity (Wildman–Crippen MR) is 129 cm³/mol. The first-order valence-electron chi connectivity index (χ1n) is 10.5. The van der Waals surface area contributed by atoms with Crippen LogP contribution in [-0.2, 0) is 5.60 Å². The summed E-state index contributed by atoms with van der Waals surface area (Å²) in [5.41, 5.74) is 1.32. The number of halogens is 2. The quantitative estimate of drug-likeness (QED) is 0.573. The lowest BCUT2D eigenvalue weighted by atomic mass is 9.96. The van der Waals surface area contributed by atoms with E-state index >= 15 is 0 Å². The van der Waals surface area contributed by atoms with Crippen LogP contribution in [0, 0.1) is 11.3 Å². The Labute approximate surface area is 201 Å². The summed E-state index contributed by atoms with van der Waals surface area (Å²) in [4.78, 5) is 22.0. The molecular formula is C24H23Cl2N5O2. The Kier molecular flexibility index (Phi) is 6.73. The van der Waals surface area contributed by atoms with Gasteiger partial charge in [-0.3, -0.25) is 4.90 Å². The predicted octanol–water partition coefficient (Wildman–Crippen LogP) is 3.72. The molecule has 0 amide bonds. The highest BCUT2D eigenvalue weighted by Gasteiger charge is 2.34. The van der Waals surface area contributed by atoms with Crippen LogP contribution in [0.15, 0.2) is 59.7 Å². The number of aromatic nitrogens is 2. The lowest BCUT2D eigenvalue weighted by Crippen LogP contribution is -2.52. The van der Waals surface area contributed by atoms with Gasteiger partial charge in [-0.1, -0.05) is 35.3 Å². The molecule has 1 aliphatic rings. The second-order valence-corrected chi connectivity index (χ2v) is 9.20. The van der Waals surface area contributed by atoms with Crippen molar-refractivity contribution in [3.05, 3.63) is 92.1 Å². The minimum absolute atomic E-state index is 0.0500. The fraction of sp³-hybridized carbons (Fsp3) is 0.292. The Morgan fingerprint density at radius 2 is 2.00 bits per heavy atom. The fourth-order valence-corrected chi connectivity index (χ4v) is 4.63. The number of β-amino-alcohol motifs (C(OH)–C–C–N with tert-alkyl or cyclic N) is 1. The van der Waals surface area contributed by atoms with Gasteiger partial charge in [0, 0.05) is 49.2 Å². The zero-order valence-corrected chi connectivity index (χ0v) is 19.5. The topological polar surface area (TPSA) is 96.2 Å². The van der Waals surface area contributed by atoms with Crippen LogP contribution < -0.4 is 10.6 Å². The van der Waals surface area contributed by atoms with E-state index in [1.165, 1.54) is 12.4 Å². The minimum Gasteiger partial charge on any atom is -0.384 e. The molecule has 1 saturated heterocycles. The van der Waals surface area contributed by atoms with Crippen LogP contribution in [0.1, 0.15) is 29.7 Å². The summed E-state index contributed by atoms with van der Waals surface area (Å²) in [6.07, 6.45) is 2.90. The van der Waals surface area contributed by atoms with Gasteiger partial charge in [-0.2, -0.15) is 5.26 Å². The number of H-pyrrole nitrogens is 1. The third-order valence-corrected chi connectivity index (χ3v) is 6.49. The maximum Gasteiger partial charge on any atom is 0.344 e. The van der Waals surface area contributed by atoms with Crippen molar-refractivity contribution in [3.8, 4) is 6.07 Å². The minimum atomic E-state index is -1.20. The summed E-state index contributed by atoms with van der Waals surface area (Å²) in [5, 5.41) is 21.5. The number of rotatable bonds is 5. The van der Waals surface area contributed by atoms with Gasteiger partial charge in [0.1, 0.15) is 5.60 Å². The van der Waals surface area contributed by atoms with Gasteiger partial charge in [0.05, 0.1) is 28.4 Å². The molecule has 2 atom stereocenters. The Bertz CT molecular complexity index is 1220. The van der Waals surface area contributed by atoms with E-state index in [1.54, 1.807) is 19.1 Å². The summed E-state index contributed by atoms with van der Waals surface area (Å²) < 4.78 is 0. The fourth-order valence-electron chi connectivity index (χ4n) is 4.21. The van der Waals surface area contributed by atoms with Crippen LogP contribution in [0.4, 0.5) is 5.69 Å². The second kappa shape index (κ2) is 9.54. The van der Waals surface area contributed by atoms with Crippen LogP contribution in [0.5, 0.6) is 0 Å². The number of nitriles is 1. The van der Waals surface area contributed by atoms with Crippen molar-refractivity contribution in [2.24, 2.45) is 0 Å². The lowest BCUT2D eigenvalue weighted by Gasteiger charge is -2.45. The van der Waals surface area contributed by atoms with E-state index in [2.05, 4.69) is 25.8 Å². The molecular weight excluding hydrogens is 461 g/mol. The maximum absolute atomic E-state index is 11.3. The monoisotopic (exact) mass is 483 g/mol.